The van der Waals surface area contributed by atoms with Crippen molar-refractivity contribution in [3.05, 3.63) is 36.1 Å². The van der Waals surface area contributed by atoms with Crippen molar-refractivity contribution < 1.29 is 9.21 Å². The molecular weight excluding hydrogens is 360 g/mol. The number of hydrogen-bond acceptors (Lipinski definition) is 8. The van der Waals surface area contributed by atoms with Gasteiger partial charge < -0.3 is 14.2 Å². The molecule has 0 aliphatic carbocycles. The molecule has 4 rings (SSSR count). The summed E-state index contributed by atoms with van der Waals surface area (Å²) in [5.41, 5.74) is 1.65. The maximum atomic E-state index is 12.5. The van der Waals surface area contributed by atoms with E-state index >= 15 is 0 Å². The van der Waals surface area contributed by atoms with E-state index in [1.165, 1.54) is 0 Å². The van der Waals surface area contributed by atoms with Crippen molar-refractivity contribution in [2.45, 2.75) is 19.8 Å². The third-order valence-corrected chi connectivity index (χ3v) is 4.71. The van der Waals surface area contributed by atoms with Gasteiger partial charge >= 0.3 is 0 Å². The van der Waals surface area contributed by atoms with Crippen LogP contribution in [-0.2, 0) is 18.3 Å². The van der Waals surface area contributed by atoms with E-state index < -0.39 is 0 Å². The zero-order valence-corrected chi connectivity index (χ0v) is 15.9. The second-order valence-electron chi connectivity index (χ2n) is 6.71. The standard InChI is InChI=1S/C18H22N8O2/c1-13-12-14(24(2)23-13)17-22-21-15(28-17)4-5-16(27)25-8-10-26(11-9-25)18-19-6-3-7-20-18/h3,6-7,12H,4-5,8-11H2,1-2H3. The van der Waals surface area contributed by atoms with Gasteiger partial charge in [0.2, 0.25) is 17.7 Å². The van der Waals surface area contributed by atoms with Gasteiger partial charge in [-0.1, -0.05) is 0 Å². The molecule has 28 heavy (non-hydrogen) atoms. The Bertz CT molecular complexity index is 944. The first-order chi connectivity index (χ1) is 13.6. The van der Waals surface area contributed by atoms with E-state index in [2.05, 4.69) is 30.2 Å². The number of carbonyl (C=O) groups excluding carboxylic acids is 1. The van der Waals surface area contributed by atoms with E-state index in [0.29, 0.717) is 43.7 Å². The first kappa shape index (κ1) is 18.1. The van der Waals surface area contributed by atoms with Crippen LogP contribution in [0, 0.1) is 6.92 Å². The van der Waals surface area contributed by atoms with E-state index in [1.54, 1.807) is 23.1 Å². The van der Waals surface area contributed by atoms with Gasteiger partial charge in [-0.2, -0.15) is 5.10 Å². The molecular formula is C18H22N8O2. The summed E-state index contributed by atoms with van der Waals surface area (Å²) < 4.78 is 7.40. The summed E-state index contributed by atoms with van der Waals surface area (Å²) >= 11 is 0. The number of aromatic nitrogens is 6. The van der Waals surface area contributed by atoms with Crippen molar-refractivity contribution in [3.63, 3.8) is 0 Å². The van der Waals surface area contributed by atoms with Gasteiger partial charge in [0.05, 0.1) is 5.69 Å². The molecule has 0 aromatic carbocycles. The van der Waals surface area contributed by atoms with Crippen molar-refractivity contribution >= 4 is 11.9 Å². The number of aryl methyl sites for hydroxylation is 3. The number of hydrogen-bond donors (Lipinski definition) is 0. The summed E-state index contributed by atoms with van der Waals surface area (Å²) in [7, 11) is 1.83. The largest absolute Gasteiger partial charge is 0.419 e. The fraction of sp³-hybridized carbons (Fsp3) is 0.444. The fourth-order valence-electron chi connectivity index (χ4n) is 3.25. The molecule has 10 heteroatoms. The number of carbonyl (C=O) groups is 1. The van der Waals surface area contributed by atoms with Crippen LogP contribution >= 0.6 is 0 Å². The summed E-state index contributed by atoms with van der Waals surface area (Å²) in [5, 5.41) is 12.4. The second-order valence-corrected chi connectivity index (χ2v) is 6.71. The van der Waals surface area contributed by atoms with E-state index in [1.807, 2.05) is 24.9 Å². The Morgan fingerprint density at radius 3 is 2.57 bits per heavy atom. The van der Waals surface area contributed by atoms with Crippen LogP contribution in [0.2, 0.25) is 0 Å². The van der Waals surface area contributed by atoms with Gasteiger partial charge in [-0.05, 0) is 19.1 Å². The summed E-state index contributed by atoms with van der Waals surface area (Å²) in [6, 6.07) is 3.68. The van der Waals surface area contributed by atoms with Gasteiger partial charge in [-0.15, -0.1) is 10.2 Å². The van der Waals surface area contributed by atoms with Crippen LogP contribution in [0.25, 0.3) is 11.6 Å². The molecule has 3 aromatic rings. The molecule has 1 amide bonds. The zero-order chi connectivity index (χ0) is 19.5. The molecule has 3 aromatic heterocycles. The first-order valence-corrected chi connectivity index (χ1v) is 9.23. The van der Waals surface area contributed by atoms with Crippen LogP contribution in [-0.4, -0.2) is 66.9 Å². The molecule has 4 heterocycles. The minimum Gasteiger partial charge on any atom is -0.419 e. The monoisotopic (exact) mass is 382 g/mol. The Hall–Kier alpha value is -3.30. The number of piperazine rings is 1. The molecule has 0 radical (unpaired) electrons. The van der Waals surface area contributed by atoms with Crippen molar-refractivity contribution in [2.75, 3.05) is 31.1 Å². The zero-order valence-electron chi connectivity index (χ0n) is 15.9. The quantitative estimate of drug-likeness (QED) is 0.639. The average molecular weight is 382 g/mol. The highest BCUT2D eigenvalue weighted by Crippen LogP contribution is 2.19. The fourth-order valence-corrected chi connectivity index (χ4v) is 3.25. The highest BCUT2D eigenvalue weighted by atomic mass is 16.4. The summed E-state index contributed by atoms with van der Waals surface area (Å²) in [6.07, 6.45) is 4.22. The topological polar surface area (TPSA) is 106 Å². The Labute approximate surface area is 162 Å². The van der Waals surface area contributed by atoms with Crippen molar-refractivity contribution in [2.24, 2.45) is 7.05 Å². The molecule has 0 saturated carbocycles. The third-order valence-electron chi connectivity index (χ3n) is 4.71. The van der Waals surface area contributed by atoms with Crippen LogP contribution in [0.3, 0.4) is 0 Å². The van der Waals surface area contributed by atoms with E-state index in [0.717, 1.165) is 24.5 Å². The molecule has 1 saturated heterocycles. The number of anilines is 1. The second kappa shape index (κ2) is 7.75. The Morgan fingerprint density at radius 2 is 1.89 bits per heavy atom. The molecule has 1 fully saturated rings. The van der Waals surface area contributed by atoms with Gasteiger partial charge in [0, 0.05) is 58.5 Å². The lowest BCUT2D eigenvalue weighted by molar-refractivity contribution is -0.131. The van der Waals surface area contributed by atoms with Gasteiger partial charge in [0.15, 0.2) is 0 Å². The molecule has 0 atom stereocenters. The molecule has 1 aliphatic rings. The Balaban J connectivity index is 1.29. The Morgan fingerprint density at radius 1 is 1.14 bits per heavy atom. The molecule has 146 valence electrons. The van der Waals surface area contributed by atoms with Crippen LogP contribution in [0.15, 0.2) is 28.9 Å². The van der Waals surface area contributed by atoms with Crippen LogP contribution in [0.5, 0.6) is 0 Å². The minimum absolute atomic E-state index is 0.0877. The highest BCUT2D eigenvalue weighted by Gasteiger charge is 2.23. The maximum Gasteiger partial charge on any atom is 0.265 e. The van der Waals surface area contributed by atoms with Gasteiger partial charge in [0.25, 0.3) is 5.89 Å². The molecule has 0 spiro atoms. The van der Waals surface area contributed by atoms with Gasteiger partial charge in [-0.3, -0.25) is 9.48 Å². The SMILES string of the molecule is Cc1cc(-c2nnc(CCC(=O)N3CCN(c4ncccn4)CC3)o2)n(C)n1. The highest BCUT2D eigenvalue weighted by molar-refractivity contribution is 5.76. The Kier molecular flexibility index (Phi) is 5.00. The molecule has 10 nitrogen and oxygen atoms in total. The lowest BCUT2D eigenvalue weighted by Crippen LogP contribution is -2.49. The molecule has 0 N–H and O–H groups in total. The summed E-state index contributed by atoms with van der Waals surface area (Å²) in [4.78, 5) is 25.0. The third kappa shape index (κ3) is 3.85. The smallest absolute Gasteiger partial charge is 0.265 e. The summed E-state index contributed by atoms with van der Waals surface area (Å²) in [5.74, 6) is 1.67. The van der Waals surface area contributed by atoms with Crippen LogP contribution in [0.4, 0.5) is 5.95 Å². The average Bonchev–Trinajstić information content (AvgIpc) is 3.32. The summed E-state index contributed by atoms with van der Waals surface area (Å²) in [6.45, 7) is 4.66. The molecule has 0 unspecified atom stereocenters. The van der Waals surface area contributed by atoms with E-state index in [-0.39, 0.29) is 5.91 Å². The predicted molar refractivity (Wildman–Crippen MR) is 100 cm³/mol. The van der Waals surface area contributed by atoms with Crippen LogP contribution < -0.4 is 4.90 Å². The van der Waals surface area contributed by atoms with E-state index in [4.69, 9.17) is 4.42 Å². The lowest BCUT2D eigenvalue weighted by Gasteiger charge is -2.34. The lowest BCUT2D eigenvalue weighted by atomic mass is 10.2. The maximum absolute atomic E-state index is 12.5. The first-order valence-electron chi connectivity index (χ1n) is 9.23. The molecule has 1 aliphatic heterocycles. The van der Waals surface area contributed by atoms with Crippen LogP contribution in [0.1, 0.15) is 18.0 Å². The van der Waals surface area contributed by atoms with Crippen molar-refractivity contribution in [1.82, 2.24) is 34.8 Å². The van der Waals surface area contributed by atoms with Gasteiger partial charge in [0.1, 0.15) is 5.69 Å². The number of rotatable bonds is 5. The number of nitrogens with zero attached hydrogens (tertiary/aromatic N) is 8. The normalized spacial score (nSPS) is 14.5. The van der Waals surface area contributed by atoms with E-state index in [9.17, 15) is 4.79 Å². The number of amides is 1. The minimum atomic E-state index is 0.0877. The van der Waals surface area contributed by atoms with Gasteiger partial charge in [-0.25, -0.2) is 9.97 Å². The molecule has 0 bridgehead atoms. The van der Waals surface area contributed by atoms with Crippen molar-refractivity contribution in [3.8, 4) is 11.6 Å². The van der Waals surface area contributed by atoms with Crippen molar-refractivity contribution in [1.29, 1.82) is 0 Å². The predicted octanol–water partition coefficient (Wildman–Crippen LogP) is 0.850.